The first-order valence-corrected chi connectivity index (χ1v) is 12.1. The highest BCUT2D eigenvalue weighted by atomic mass is 35.5. The number of carbonyl (C=O) groups excluding carboxylic acids is 1. The number of methoxy groups -OCH3 is 1. The van der Waals surface area contributed by atoms with Crippen LogP contribution in [0.15, 0.2) is 52.4 Å². The molecule has 1 saturated heterocycles. The van der Waals surface area contributed by atoms with Crippen molar-refractivity contribution >= 4 is 46.2 Å². The molecule has 1 heterocycles. The lowest BCUT2D eigenvalue weighted by atomic mass is 10.1. The lowest BCUT2D eigenvalue weighted by Crippen LogP contribution is -2.32. The van der Waals surface area contributed by atoms with E-state index in [0.29, 0.717) is 46.4 Å². The molecular weight excluding hydrogens is 460 g/mol. The number of ether oxygens (including phenoxy) is 3. The Labute approximate surface area is 204 Å². The lowest BCUT2D eigenvalue weighted by Gasteiger charge is -2.17. The van der Waals surface area contributed by atoms with Crippen LogP contribution in [-0.2, 0) is 9.53 Å². The van der Waals surface area contributed by atoms with E-state index in [1.165, 1.54) is 11.8 Å². The van der Waals surface area contributed by atoms with E-state index in [4.69, 9.17) is 25.8 Å². The molecule has 1 aliphatic heterocycles. The second-order valence-corrected chi connectivity index (χ2v) is 8.78. The highest BCUT2D eigenvalue weighted by Gasteiger charge is 2.33. The second kappa shape index (κ2) is 12.1. The molecule has 0 radical (unpaired) electrons. The van der Waals surface area contributed by atoms with E-state index >= 15 is 0 Å². The highest BCUT2D eigenvalue weighted by molar-refractivity contribution is 8.18. The smallest absolute Gasteiger partial charge is 0.266 e. The highest BCUT2D eigenvalue weighted by Crippen LogP contribution is 2.40. The molecule has 0 aliphatic carbocycles. The molecule has 0 spiro atoms. The molecule has 1 fully saturated rings. The van der Waals surface area contributed by atoms with Gasteiger partial charge in [0.2, 0.25) is 0 Å². The molecular formula is C25H29ClN2O4S. The zero-order valence-corrected chi connectivity index (χ0v) is 20.9. The van der Waals surface area contributed by atoms with Crippen molar-refractivity contribution < 1.29 is 19.0 Å². The molecule has 1 atom stereocenters. The van der Waals surface area contributed by atoms with Crippen molar-refractivity contribution in [3.8, 4) is 11.5 Å². The number of hydrogen-bond donors (Lipinski definition) is 0. The van der Waals surface area contributed by atoms with Gasteiger partial charge >= 0.3 is 0 Å². The van der Waals surface area contributed by atoms with E-state index < -0.39 is 0 Å². The number of benzene rings is 2. The summed E-state index contributed by atoms with van der Waals surface area (Å²) in [5.74, 6) is 0.909. The number of carbonyl (C=O) groups is 1. The van der Waals surface area contributed by atoms with Gasteiger partial charge < -0.3 is 14.2 Å². The Morgan fingerprint density at radius 2 is 1.97 bits per heavy atom. The van der Waals surface area contributed by atoms with Gasteiger partial charge in [0.1, 0.15) is 0 Å². The molecule has 0 N–H and O–H groups in total. The minimum Gasteiger partial charge on any atom is -0.493 e. The summed E-state index contributed by atoms with van der Waals surface area (Å²) in [6.45, 7) is 7.39. The summed E-state index contributed by atoms with van der Waals surface area (Å²) in [6, 6.07) is 13.2. The molecule has 0 saturated carbocycles. The largest absolute Gasteiger partial charge is 0.493 e. The van der Waals surface area contributed by atoms with Crippen molar-refractivity contribution in [3.05, 3.63) is 58.0 Å². The molecule has 0 unspecified atom stereocenters. The van der Waals surface area contributed by atoms with Crippen LogP contribution in [0.3, 0.4) is 0 Å². The normalized spacial score (nSPS) is 17.1. The average Bonchev–Trinajstić information content (AvgIpc) is 3.10. The Kier molecular flexibility index (Phi) is 9.23. The Morgan fingerprint density at radius 3 is 2.64 bits per heavy atom. The summed E-state index contributed by atoms with van der Waals surface area (Å²) in [7, 11) is 1.57. The van der Waals surface area contributed by atoms with E-state index in [1.807, 2.05) is 57.2 Å². The van der Waals surface area contributed by atoms with Crippen LogP contribution in [-0.4, -0.2) is 48.9 Å². The summed E-state index contributed by atoms with van der Waals surface area (Å²) in [4.78, 5) is 20.1. The second-order valence-electron chi connectivity index (χ2n) is 7.37. The molecule has 0 bridgehead atoms. The van der Waals surface area contributed by atoms with E-state index in [9.17, 15) is 4.79 Å². The third kappa shape index (κ3) is 6.53. The first-order valence-electron chi connectivity index (χ1n) is 10.9. The van der Waals surface area contributed by atoms with Crippen molar-refractivity contribution in [1.29, 1.82) is 0 Å². The number of nitrogens with zero attached hydrogens (tertiary/aromatic N) is 2. The predicted molar refractivity (Wildman–Crippen MR) is 136 cm³/mol. The van der Waals surface area contributed by atoms with Crippen molar-refractivity contribution in [2.24, 2.45) is 4.99 Å². The van der Waals surface area contributed by atoms with Gasteiger partial charge in [0.25, 0.3) is 5.91 Å². The van der Waals surface area contributed by atoms with Gasteiger partial charge in [0.15, 0.2) is 16.7 Å². The van der Waals surface area contributed by atoms with Crippen LogP contribution in [0.4, 0.5) is 5.69 Å². The van der Waals surface area contributed by atoms with Crippen molar-refractivity contribution in [2.75, 3.05) is 26.9 Å². The van der Waals surface area contributed by atoms with Crippen molar-refractivity contribution in [3.63, 3.8) is 0 Å². The summed E-state index contributed by atoms with van der Waals surface area (Å²) in [6.07, 6.45) is 2.65. The Bertz CT molecular complexity index is 1030. The minimum absolute atomic E-state index is 0.00299. The molecule has 1 amide bonds. The van der Waals surface area contributed by atoms with E-state index in [2.05, 4.69) is 4.99 Å². The zero-order chi connectivity index (χ0) is 23.8. The fourth-order valence-electron chi connectivity index (χ4n) is 3.08. The van der Waals surface area contributed by atoms with Crippen molar-refractivity contribution in [1.82, 2.24) is 4.90 Å². The topological polar surface area (TPSA) is 60.4 Å². The van der Waals surface area contributed by atoms with Crippen LogP contribution >= 0.6 is 23.4 Å². The molecule has 0 aromatic heterocycles. The van der Waals surface area contributed by atoms with Gasteiger partial charge in [-0.3, -0.25) is 9.69 Å². The van der Waals surface area contributed by atoms with Crippen LogP contribution in [0.1, 0.15) is 32.8 Å². The number of rotatable bonds is 10. The van der Waals surface area contributed by atoms with E-state index in [-0.39, 0.29) is 12.0 Å². The fourth-order valence-corrected chi connectivity index (χ4v) is 4.36. The molecule has 176 valence electrons. The van der Waals surface area contributed by atoms with Crippen LogP contribution in [0.5, 0.6) is 11.5 Å². The van der Waals surface area contributed by atoms with E-state index in [0.717, 1.165) is 17.7 Å². The monoisotopic (exact) mass is 488 g/mol. The van der Waals surface area contributed by atoms with Gasteiger partial charge in [-0.15, -0.1) is 0 Å². The molecule has 6 nitrogen and oxygen atoms in total. The standard InChI is InChI=1S/C25H29ClN2O4S/c1-5-17(3)32-23-20(26)14-18(15-21(23)30-4)16-22-24(29)28(12-13-31-6-2)25(33-22)27-19-10-8-7-9-11-19/h7-11,14-17H,5-6,12-13H2,1-4H3/b22-16-,27-25?/t17-/m0/s1. The molecule has 3 rings (SSSR count). The summed E-state index contributed by atoms with van der Waals surface area (Å²) in [5, 5.41) is 1.05. The molecule has 8 heteroatoms. The first kappa shape index (κ1) is 25.1. The predicted octanol–water partition coefficient (Wildman–Crippen LogP) is 6.17. The number of halogens is 1. The number of amidine groups is 1. The Morgan fingerprint density at radius 1 is 1.21 bits per heavy atom. The van der Waals surface area contributed by atoms with E-state index in [1.54, 1.807) is 24.2 Å². The van der Waals surface area contributed by atoms with Crippen LogP contribution in [0, 0.1) is 0 Å². The fraction of sp³-hybridized carbons (Fsp3) is 0.360. The SMILES string of the molecule is CCOCCN1C(=O)/C(=C/c2cc(Cl)c(O[C@@H](C)CC)c(OC)c2)SC1=Nc1ccccc1. The van der Waals surface area contributed by atoms with Gasteiger partial charge in [-0.25, -0.2) is 4.99 Å². The Hall–Kier alpha value is -2.48. The summed E-state index contributed by atoms with van der Waals surface area (Å²) < 4.78 is 16.9. The minimum atomic E-state index is -0.121. The number of para-hydroxylation sites is 1. The zero-order valence-electron chi connectivity index (χ0n) is 19.3. The van der Waals surface area contributed by atoms with Gasteiger partial charge in [0, 0.05) is 6.61 Å². The number of thioether (sulfide) groups is 1. The summed E-state index contributed by atoms with van der Waals surface area (Å²) >= 11 is 7.84. The molecule has 2 aromatic rings. The molecule has 2 aromatic carbocycles. The number of aliphatic imine (C=N–C) groups is 1. The molecule has 1 aliphatic rings. The maximum absolute atomic E-state index is 13.2. The van der Waals surface area contributed by atoms with Crippen LogP contribution in [0.2, 0.25) is 5.02 Å². The first-order chi connectivity index (χ1) is 16.0. The quantitative estimate of drug-likeness (QED) is 0.296. The van der Waals surface area contributed by atoms with Gasteiger partial charge in [-0.05, 0) is 67.9 Å². The number of hydrogen-bond acceptors (Lipinski definition) is 6. The number of amides is 1. The summed E-state index contributed by atoms with van der Waals surface area (Å²) in [5.41, 5.74) is 1.53. The maximum atomic E-state index is 13.2. The van der Waals surface area contributed by atoms with Gasteiger partial charge in [0.05, 0.1) is 42.0 Å². The van der Waals surface area contributed by atoms with Gasteiger partial charge in [-0.2, -0.15) is 0 Å². The van der Waals surface area contributed by atoms with Crippen LogP contribution < -0.4 is 9.47 Å². The average molecular weight is 489 g/mol. The third-order valence-electron chi connectivity index (χ3n) is 4.98. The van der Waals surface area contributed by atoms with Gasteiger partial charge in [-0.1, -0.05) is 36.7 Å². The van der Waals surface area contributed by atoms with Crippen molar-refractivity contribution in [2.45, 2.75) is 33.3 Å². The third-order valence-corrected chi connectivity index (χ3v) is 6.26. The lowest BCUT2D eigenvalue weighted by molar-refractivity contribution is -0.122. The Balaban J connectivity index is 1.93. The molecule has 33 heavy (non-hydrogen) atoms. The maximum Gasteiger partial charge on any atom is 0.266 e. The van der Waals surface area contributed by atoms with Crippen LogP contribution in [0.25, 0.3) is 6.08 Å².